The number of likely N-dealkylation sites (tertiary alicyclic amines) is 1. The molecule has 9 heteroatoms. The Hall–Kier alpha value is -1.35. The Morgan fingerprint density at radius 2 is 2.04 bits per heavy atom. The molecular weight excluding hydrogens is 368 g/mol. The third-order valence-corrected chi connectivity index (χ3v) is 6.08. The van der Waals surface area contributed by atoms with E-state index in [0.29, 0.717) is 18.9 Å². The number of carboxylic acid groups (broad SMARTS) is 1. The maximum Gasteiger partial charge on any atom is 0.335 e. The van der Waals surface area contributed by atoms with Crippen LogP contribution >= 0.6 is 11.6 Å². The van der Waals surface area contributed by atoms with Crippen molar-refractivity contribution in [1.82, 2.24) is 9.21 Å². The Bertz CT molecular complexity index is 717. The maximum atomic E-state index is 11.6. The molecule has 2 rings (SSSR count). The van der Waals surface area contributed by atoms with E-state index in [4.69, 9.17) is 21.4 Å². The first-order chi connectivity index (χ1) is 11.7. The molecule has 1 saturated heterocycles. The van der Waals surface area contributed by atoms with E-state index in [1.807, 2.05) is 0 Å². The Morgan fingerprint density at radius 3 is 2.56 bits per heavy atom. The van der Waals surface area contributed by atoms with Gasteiger partial charge in [0.25, 0.3) is 0 Å². The number of carbonyl (C=O) groups is 1. The first-order valence-corrected chi connectivity index (χ1v) is 10.2. The van der Waals surface area contributed by atoms with Gasteiger partial charge in [-0.1, -0.05) is 11.6 Å². The summed E-state index contributed by atoms with van der Waals surface area (Å²) in [5.41, 5.74) is 0.120. The second-order valence-corrected chi connectivity index (χ2v) is 8.60. The van der Waals surface area contributed by atoms with Gasteiger partial charge in [0.1, 0.15) is 12.4 Å². The zero-order valence-electron chi connectivity index (χ0n) is 14.3. The van der Waals surface area contributed by atoms with Crippen molar-refractivity contribution in [3.8, 4) is 5.75 Å². The molecule has 1 aliphatic rings. The lowest BCUT2D eigenvalue weighted by Crippen LogP contribution is -2.46. The number of piperidine rings is 1. The Labute approximate surface area is 153 Å². The van der Waals surface area contributed by atoms with Crippen LogP contribution in [0.15, 0.2) is 18.2 Å². The van der Waals surface area contributed by atoms with Crippen LogP contribution in [-0.4, -0.2) is 74.3 Å². The minimum absolute atomic E-state index is 0.0465. The van der Waals surface area contributed by atoms with Gasteiger partial charge < -0.3 is 9.84 Å². The highest BCUT2D eigenvalue weighted by Crippen LogP contribution is 2.25. The minimum atomic E-state index is -3.15. The number of benzene rings is 1. The zero-order valence-corrected chi connectivity index (χ0v) is 15.9. The lowest BCUT2D eigenvalue weighted by molar-refractivity contribution is 0.0697. The summed E-state index contributed by atoms with van der Waals surface area (Å²) in [6.45, 7) is 2.74. The number of hydrogen-bond donors (Lipinski definition) is 1. The zero-order chi connectivity index (χ0) is 18.6. The molecule has 25 heavy (non-hydrogen) atoms. The van der Waals surface area contributed by atoms with Crippen molar-refractivity contribution in [3.05, 3.63) is 28.8 Å². The lowest BCUT2D eigenvalue weighted by Gasteiger charge is -2.35. The molecule has 1 aromatic rings. The molecule has 0 spiro atoms. The maximum absolute atomic E-state index is 11.6. The van der Waals surface area contributed by atoms with Crippen LogP contribution in [0.5, 0.6) is 5.75 Å². The van der Waals surface area contributed by atoms with E-state index in [0.717, 1.165) is 25.9 Å². The van der Waals surface area contributed by atoms with Gasteiger partial charge in [-0.05, 0) is 44.1 Å². The van der Waals surface area contributed by atoms with Crippen LogP contribution in [0.1, 0.15) is 23.2 Å². The third kappa shape index (κ3) is 5.57. The predicted octanol–water partition coefficient (Wildman–Crippen LogP) is 1.77. The lowest BCUT2D eigenvalue weighted by atomic mass is 10.1. The van der Waals surface area contributed by atoms with E-state index in [-0.39, 0.29) is 16.6 Å². The third-order valence-electron chi connectivity index (χ3n) is 4.44. The predicted molar refractivity (Wildman–Crippen MR) is 96.0 cm³/mol. The highest BCUT2D eigenvalue weighted by atomic mass is 35.5. The number of nitrogens with zero attached hydrogens (tertiary/aromatic N) is 2. The summed E-state index contributed by atoms with van der Waals surface area (Å²) in [5, 5.41) is 9.18. The molecule has 1 fully saturated rings. The number of aromatic carboxylic acids is 1. The summed E-state index contributed by atoms with van der Waals surface area (Å²) in [4.78, 5) is 13.1. The van der Waals surface area contributed by atoms with Crippen LogP contribution in [0.3, 0.4) is 0 Å². The summed E-state index contributed by atoms with van der Waals surface area (Å²) in [7, 11) is -1.53. The monoisotopic (exact) mass is 390 g/mol. The number of halogens is 1. The van der Waals surface area contributed by atoms with Crippen LogP contribution in [0, 0.1) is 0 Å². The fourth-order valence-electron chi connectivity index (χ4n) is 2.81. The van der Waals surface area contributed by atoms with Gasteiger partial charge >= 0.3 is 5.97 Å². The molecule has 1 aromatic carbocycles. The molecule has 1 aliphatic heterocycles. The molecule has 1 heterocycles. The van der Waals surface area contributed by atoms with E-state index >= 15 is 0 Å². The quantitative estimate of drug-likeness (QED) is 0.763. The smallest absolute Gasteiger partial charge is 0.335 e. The molecule has 0 atom stereocenters. The molecule has 0 aromatic heterocycles. The molecule has 7 nitrogen and oxygen atoms in total. The molecule has 0 amide bonds. The van der Waals surface area contributed by atoms with Crippen LogP contribution in [0.25, 0.3) is 0 Å². The van der Waals surface area contributed by atoms with Gasteiger partial charge in [0, 0.05) is 19.6 Å². The second kappa shape index (κ2) is 8.35. The number of rotatable bonds is 7. The molecule has 1 N–H and O–H groups in total. The SMILES string of the molecule is CN(C1CCN(CCOc2ccc(C(=O)O)cc2Cl)CC1)S(C)(=O)=O. The van der Waals surface area contributed by atoms with Gasteiger partial charge in [0.2, 0.25) is 10.0 Å². The summed E-state index contributed by atoms with van der Waals surface area (Å²) in [6, 6.07) is 4.42. The number of ether oxygens (including phenoxy) is 1. The summed E-state index contributed by atoms with van der Waals surface area (Å²) >= 11 is 6.03. The van der Waals surface area contributed by atoms with E-state index in [2.05, 4.69) is 4.90 Å². The van der Waals surface area contributed by atoms with E-state index < -0.39 is 16.0 Å². The van der Waals surface area contributed by atoms with Crippen molar-refractivity contribution in [2.45, 2.75) is 18.9 Å². The molecule has 140 valence electrons. The van der Waals surface area contributed by atoms with Gasteiger partial charge in [0.05, 0.1) is 16.8 Å². The van der Waals surface area contributed by atoms with Gasteiger partial charge in [-0.25, -0.2) is 17.5 Å². The summed E-state index contributed by atoms with van der Waals surface area (Å²) in [6.07, 6.45) is 2.81. The van der Waals surface area contributed by atoms with Gasteiger partial charge in [-0.2, -0.15) is 0 Å². The van der Waals surface area contributed by atoms with Crippen molar-refractivity contribution in [3.63, 3.8) is 0 Å². The highest BCUT2D eigenvalue weighted by molar-refractivity contribution is 7.88. The first-order valence-electron chi connectivity index (χ1n) is 7.99. The fourth-order valence-corrected chi connectivity index (χ4v) is 3.80. The molecule has 0 radical (unpaired) electrons. The first kappa shape index (κ1) is 20.0. The van der Waals surface area contributed by atoms with E-state index in [1.54, 1.807) is 13.1 Å². The number of carboxylic acids is 1. The minimum Gasteiger partial charge on any atom is -0.491 e. The number of sulfonamides is 1. The average molecular weight is 391 g/mol. The summed E-state index contributed by atoms with van der Waals surface area (Å²) < 4.78 is 30.2. The largest absolute Gasteiger partial charge is 0.491 e. The molecule has 0 saturated carbocycles. The van der Waals surface area contributed by atoms with Crippen LogP contribution in [0.4, 0.5) is 0 Å². The van der Waals surface area contributed by atoms with E-state index in [1.165, 1.54) is 22.7 Å². The van der Waals surface area contributed by atoms with Crippen molar-refractivity contribution < 1.29 is 23.1 Å². The molecule has 0 unspecified atom stereocenters. The standard InChI is InChI=1S/C16H23ClN2O5S/c1-18(25(2,22)23)13-5-7-19(8-6-13)9-10-24-15-4-3-12(16(20)21)11-14(15)17/h3-4,11,13H,5-10H2,1-2H3,(H,20,21). The molecule has 0 aliphatic carbocycles. The second-order valence-electron chi connectivity index (χ2n) is 6.15. The normalized spacial score (nSPS) is 17.0. The van der Waals surface area contributed by atoms with Crippen LogP contribution < -0.4 is 4.74 Å². The van der Waals surface area contributed by atoms with Crippen LogP contribution in [-0.2, 0) is 10.0 Å². The van der Waals surface area contributed by atoms with Crippen molar-refractivity contribution >= 4 is 27.6 Å². The molecule has 0 bridgehead atoms. The Morgan fingerprint density at radius 1 is 1.40 bits per heavy atom. The van der Waals surface area contributed by atoms with Gasteiger partial charge in [-0.3, -0.25) is 4.90 Å². The number of hydrogen-bond acceptors (Lipinski definition) is 5. The van der Waals surface area contributed by atoms with Crippen molar-refractivity contribution in [1.29, 1.82) is 0 Å². The Kier molecular flexibility index (Phi) is 6.67. The van der Waals surface area contributed by atoms with Gasteiger partial charge in [0.15, 0.2) is 0 Å². The summed E-state index contributed by atoms with van der Waals surface area (Å²) in [5.74, 6) is -0.575. The van der Waals surface area contributed by atoms with Gasteiger partial charge in [-0.15, -0.1) is 0 Å². The van der Waals surface area contributed by atoms with Crippen molar-refractivity contribution in [2.75, 3.05) is 39.5 Å². The van der Waals surface area contributed by atoms with Crippen LogP contribution in [0.2, 0.25) is 5.02 Å². The highest BCUT2D eigenvalue weighted by Gasteiger charge is 2.26. The van der Waals surface area contributed by atoms with Crippen molar-refractivity contribution in [2.24, 2.45) is 0 Å². The average Bonchev–Trinajstić information content (AvgIpc) is 2.55. The van der Waals surface area contributed by atoms with E-state index in [9.17, 15) is 13.2 Å². The Balaban J connectivity index is 1.78. The molecular formula is C16H23ClN2O5S. The fraction of sp³-hybridized carbons (Fsp3) is 0.562. The topological polar surface area (TPSA) is 87.2 Å².